The van der Waals surface area contributed by atoms with Gasteiger partial charge < -0.3 is 9.47 Å². The third-order valence-electron chi connectivity index (χ3n) is 1.88. The van der Waals surface area contributed by atoms with Crippen molar-refractivity contribution < 1.29 is 9.47 Å². The molecular formula is C10H18O2. The predicted octanol–water partition coefficient (Wildman–Crippen LogP) is 2.00. The summed E-state index contributed by atoms with van der Waals surface area (Å²) >= 11 is 0. The van der Waals surface area contributed by atoms with Crippen molar-refractivity contribution >= 4 is 0 Å². The number of hydrogen-bond acceptors (Lipinski definition) is 2. The zero-order chi connectivity index (χ0) is 8.81. The Morgan fingerprint density at radius 3 is 3.00 bits per heavy atom. The maximum Gasteiger partial charge on any atom is 0.104 e. The Labute approximate surface area is 74.6 Å². The fourth-order valence-electron chi connectivity index (χ4n) is 1.00. The summed E-state index contributed by atoms with van der Waals surface area (Å²) in [5, 5.41) is 0. The molecule has 12 heavy (non-hydrogen) atoms. The molecule has 2 atom stereocenters. The Morgan fingerprint density at radius 2 is 2.42 bits per heavy atom. The van der Waals surface area contributed by atoms with Crippen LogP contribution >= 0.6 is 0 Å². The summed E-state index contributed by atoms with van der Waals surface area (Å²) in [6.07, 6.45) is 5.78. The maximum absolute atomic E-state index is 5.46. The normalized spacial score (nSPS) is 24.7. The molecule has 2 unspecified atom stereocenters. The number of hydrogen-bond donors (Lipinski definition) is 0. The van der Waals surface area contributed by atoms with Gasteiger partial charge in [0.2, 0.25) is 0 Å². The van der Waals surface area contributed by atoms with Gasteiger partial charge in [-0.15, -0.1) is 0 Å². The molecule has 0 aliphatic carbocycles. The molecule has 1 heterocycles. The van der Waals surface area contributed by atoms with Crippen LogP contribution in [0.3, 0.4) is 0 Å². The zero-order valence-corrected chi connectivity index (χ0v) is 7.95. The van der Waals surface area contributed by atoms with Crippen molar-refractivity contribution in [2.45, 2.75) is 26.4 Å². The predicted molar refractivity (Wildman–Crippen MR) is 49.2 cm³/mol. The highest BCUT2D eigenvalue weighted by atomic mass is 16.6. The van der Waals surface area contributed by atoms with E-state index < -0.39 is 0 Å². The Kier molecular flexibility index (Phi) is 4.33. The van der Waals surface area contributed by atoms with Gasteiger partial charge in [-0.05, 0) is 19.3 Å². The monoisotopic (exact) mass is 170 g/mol. The lowest BCUT2D eigenvalue weighted by Crippen LogP contribution is -2.09. The van der Waals surface area contributed by atoms with Gasteiger partial charge in [-0.25, -0.2) is 0 Å². The molecule has 0 amide bonds. The summed E-state index contributed by atoms with van der Waals surface area (Å²) in [7, 11) is 0. The van der Waals surface area contributed by atoms with E-state index >= 15 is 0 Å². The molecule has 1 aliphatic rings. The summed E-state index contributed by atoms with van der Waals surface area (Å²) in [5.74, 6) is 0.625. The highest BCUT2D eigenvalue weighted by molar-refractivity contribution is 4.79. The van der Waals surface area contributed by atoms with Crippen molar-refractivity contribution in [1.29, 1.82) is 0 Å². The number of rotatable bonds is 6. The first-order chi connectivity index (χ1) is 5.83. The zero-order valence-electron chi connectivity index (χ0n) is 7.95. The van der Waals surface area contributed by atoms with Crippen LogP contribution in [0.25, 0.3) is 0 Å². The minimum absolute atomic E-state index is 0.402. The lowest BCUT2D eigenvalue weighted by atomic mass is 10.1. The van der Waals surface area contributed by atoms with Gasteiger partial charge in [0, 0.05) is 6.61 Å². The Hall–Kier alpha value is -0.340. The fraction of sp³-hybridized carbons (Fsp3) is 0.800. The third-order valence-corrected chi connectivity index (χ3v) is 1.88. The van der Waals surface area contributed by atoms with Crippen molar-refractivity contribution in [3.8, 4) is 0 Å². The fourth-order valence-corrected chi connectivity index (χ4v) is 1.00. The Balaban J connectivity index is 1.89. The van der Waals surface area contributed by atoms with Gasteiger partial charge >= 0.3 is 0 Å². The molecule has 0 spiro atoms. The van der Waals surface area contributed by atoms with Crippen molar-refractivity contribution in [1.82, 2.24) is 0 Å². The van der Waals surface area contributed by atoms with E-state index in [1.807, 2.05) is 6.92 Å². The minimum atomic E-state index is 0.402. The van der Waals surface area contributed by atoms with Crippen molar-refractivity contribution in [3.63, 3.8) is 0 Å². The quantitative estimate of drug-likeness (QED) is 0.449. The molecule has 2 nitrogen and oxygen atoms in total. The van der Waals surface area contributed by atoms with Crippen LogP contribution in [0.15, 0.2) is 12.2 Å². The maximum atomic E-state index is 5.46. The summed E-state index contributed by atoms with van der Waals surface area (Å²) < 4.78 is 10.5. The highest BCUT2D eigenvalue weighted by Gasteiger charge is 2.22. The first-order valence-corrected chi connectivity index (χ1v) is 4.63. The van der Waals surface area contributed by atoms with E-state index in [-0.39, 0.29) is 0 Å². The molecule has 1 saturated heterocycles. The van der Waals surface area contributed by atoms with E-state index in [1.165, 1.54) is 0 Å². The van der Waals surface area contributed by atoms with Crippen LogP contribution in [0, 0.1) is 5.92 Å². The van der Waals surface area contributed by atoms with Crippen LogP contribution in [0.5, 0.6) is 0 Å². The molecule has 0 radical (unpaired) electrons. The van der Waals surface area contributed by atoms with Crippen LogP contribution in [0.2, 0.25) is 0 Å². The second-order valence-electron chi connectivity index (χ2n) is 3.40. The standard InChI is InChI=1S/C10H18O2/c1-3-4-5-9(2)6-11-7-10-8-12-10/h3-4,9-10H,5-8H2,1-2H3. The summed E-state index contributed by atoms with van der Waals surface area (Å²) in [6, 6.07) is 0. The molecule has 0 aromatic heterocycles. The molecular weight excluding hydrogens is 152 g/mol. The third kappa shape index (κ3) is 4.52. The molecule has 70 valence electrons. The molecule has 0 aromatic rings. The number of allylic oxidation sites excluding steroid dienone is 2. The Morgan fingerprint density at radius 1 is 1.67 bits per heavy atom. The van der Waals surface area contributed by atoms with Crippen LogP contribution in [0.1, 0.15) is 20.3 Å². The van der Waals surface area contributed by atoms with Crippen LogP contribution in [0.4, 0.5) is 0 Å². The number of epoxide rings is 1. The van der Waals surface area contributed by atoms with Crippen LogP contribution in [-0.2, 0) is 9.47 Å². The lowest BCUT2D eigenvalue weighted by Gasteiger charge is -2.08. The number of ether oxygens (including phenoxy) is 2. The van der Waals surface area contributed by atoms with Crippen LogP contribution in [-0.4, -0.2) is 25.9 Å². The summed E-state index contributed by atoms with van der Waals surface area (Å²) in [4.78, 5) is 0. The van der Waals surface area contributed by atoms with E-state index in [0.29, 0.717) is 12.0 Å². The average Bonchev–Trinajstić information content (AvgIpc) is 2.84. The lowest BCUT2D eigenvalue weighted by molar-refractivity contribution is 0.0914. The SMILES string of the molecule is CC=CCC(C)COCC1CO1. The van der Waals surface area contributed by atoms with E-state index in [1.54, 1.807) is 0 Å². The largest absolute Gasteiger partial charge is 0.378 e. The van der Waals surface area contributed by atoms with E-state index in [0.717, 1.165) is 26.2 Å². The summed E-state index contributed by atoms with van der Waals surface area (Å²) in [6.45, 7) is 6.77. The van der Waals surface area contributed by atoms with Gasteiger partial charge in [0.15, 0.2) is 0 Å². The van der Waals surface area contributed by atoms with Crippen LogP contribution < -0.4 is 0 Å². The van der Waals surface area contributed by atoms with Crippen molar-refractivity contribution in [2.75, 3.05) is 19.8 Å². The van der Waals surface area contributed by atoms with Crippen molar-refractivity contribution in [2.24, 2.45) is 5.92 Å². The first-order valence-electron chi connectivity index (χ1n) is 4.63. The first kappa shape index (κ1) is 9.75. The molecule has 0 saturated carbocycles. The highest BCUT2D eigenvalue weighted by Crippen LogP contribution is 2.10. The van der Waals surface area contributed by atoms with Gasteiger partial charge in [0.25, 0.3) is 0 Å². The average molecular weight is 170 g/mol. The molecule has 1 rings (SSSR count). The van der Waals surface area contributed by atoms with Gasteiger partial charge in [0.05, 0.1) is 13.2 Å². The van der Waals surface area contributed by atoms with Gasteiger partial charge in [-0.3, -0.25) is 0 Å². The molecule has 0 aromatic carbocycles. The van der Waals surface area contributed by atoms with E-state index in [9.17, 15) is 0 Å². The molecule has 0 bridgehead atoms. The van der Waals surface area contributed by atoms with Gasteiger partial charge in [-0.1, -0.05) is 19.1 Å². The second kappa shape index (κ2) is 5.33. The second-order valence-corrected chi connectivity index (χ2v) is 3.40. The van der Waals surface area contributed by atoms with Crippen molar-refractivity contribution in [3.05, 3.63) is 12.2 Å². The smallest absolute Gasteiger partial charge is 0.104 e. The van der Waals surface area contributed by atoms with Gasteiger partial charge in [-0.2, -0.15) is 0 Å². The van der Waals surface area contributed by atoms with Gasteiger partial charge in [0.1, 0.15) is 6.10 Å². The van der Waals surface area contributed by atoms with E-state index in [2.05, 4.69) is 19.1 Å². The minimum Gasteiger partial charge on any atom is -0.378 e. The molecule has 1 fully saturated rings. The Bertz CT molecular complexity index is 139. The molecule has 1 aliphatic heterocycles. The molecule has 0 N–H and O–H groups in total. The van der Waals surface area contributed by atoms with E-state index in [4.69, 9.17) is 9.47 Å². The molecule has 2 heteroatoms. The topological polar surface area (TPSA) is 21.8 Å². The summed E-state index contributed by atoms with van der Waals surface area (Å²) in [5.41, 5.74) is 0.